The molecule has 0 radical (unpaired) electrons. The molecule has 0 bridgehead atoms. The average molecular weight is 415 g/mol. The number of urea groups is 1. The summed E-state index contributed by atoms with van der Waals surface area (Å²) in [7, 11) is -3.27. The molecule has 2 aliphatic rings. The van der Waals surface area contributed by atoms with Gasteiger partial charge in [0.2, 0.25) is 0 Å². The second-order valence-electron chi connectivity index (χ2n) is 7.44. The first-order valence-corrected chi connectivity index (χ1v) is 11.2. The standard InChI is InChI=1S/C20H21N3O5S/c1-2-14-6-8-16(9-7-14)22-19-13-29(27,28)12-18(19)21(20(22)24)11-15-4-3-5-17(10-15)23(25)26/h3-10,18-19H,2,11-13H2,1H3/t18-,19+/m1/s1. The zero-order valence-corrected chi connectivity index (χ0v) is 16.7. The number of fused-ring (bicyclic) bond motifs is 1. The highest BCUT2D eigenvalue weighted by atomic mass is 32.2. The molecule has 0 unspecified atom stereocenters. The number of hydrogen-bond acceptors (Lipinski definition) is 5. The molecule has 2 amide bonds. The van der Waals surface area contributed by atoms with Gasteiger partial charge in [0.1, 0.15) is 0 Å². The first kappa shape index (κ1) is 19.4. The summed E-state index contributed by atoms with van der Waals surface area (Å²) in [6.45, 7) is 2.16. The number of hydrogen-bond donors (Lipinski definition) is 0. The van der Waals surface area contributed by atoms with Crippen LogP contribution < -0.4 is 4.90 Å². The van der Waals surface area contributed by atoms with E-state index in [1.807, 2.05) is 31.2 Å². The van der Waals surface area contributed by atoms with Crippen LogP contribution in [-0.4, -0.2) is 47.9 Å². The van der Waals surface area contributed by atoms with E-state index in [9.17, 15) is 23.3 Å². The van der Waals surface area contributed by atoms with Gasteiger partial charge in [-0.2, -0.15) is 0 Å². The lowest BCUT2D eigenvalue weighted by Crippen LogP contribution is -2.37. The van der Waals surface area contributed by atoms with Crippen molar-refractivity contribution in [3.05, 3.63) is 69.8 Å². The molecule has 0 N–H and O–H groups in total. The van der Waals surface area contributed by atoms with Gasteiger partial charge in [0, 0.05) is 24.4 Å². The molecule has 152 valence electrons. The predicted molar refractivity (Wildman–Crippen MR) is 109 cm³/mol. The molecule has 2 aliphatic heterocycles. The van der Waals surface area contributed by atoms with Crippen molar-refractivity contribution < 1.29 is 18.1 Å². The molecule has 2 fully saturated rings. The molecule has 0 aromatic heterocycles. The van der Waals surface area contributed by atoms with Crippen LogP contribution in [0, 0.1) is 10.1 Å². The molecule has 2 aromatic carbocycles. The SMILES string of the molecule is CCc1ccc(N2C(=O)N(Cc3cccc([N+](=O)[O-])c3)[C@@H]3CS(=O)(=O)C[C@@H]32)cc1. The van der Waals surface area contributed by atoms with Crippen molar-refractivity contribution in [2.24, 2.45) is 0 Å². The van der Waals surface area contributed by atoms with Crippen LogP contribution in [0.3, 0.4) is 0 Å². The van der Waals surface area contributed by atoms with Gasteiger partial charge in [-0.15, -0.1) is 0 Å². The number of aryl methyl sites for hydroxylation is 1. The number of rotatable bonds is 5. The topological polar surface area (TPSA) is 101 Å². The Morgan fingerprint density at radius 2 is 1.76 bits per heavy atom. The van der Waals surface area contributed by atoms with Crippen molar-refractivity contribution in [2.75, 3.05) is 16.4 Å². The summed E-state index contributed by atoms with van der Waals surface area (Å²) in [5.41, 5.74) is 2.33. The van der Waals surface area contributed by atoms with E-state index in [2.05, 4.69) is 0 Å². The van der Waals surface area contributed by atoms with Crippen LogP contribution in [-0.2, 0) is 22.8 Å². The number of anilines is 1. The van der Waals surface area contributed by atoms with Crippen LogP contribution in [0.2, 0.25) is 0 Å². The molecular weight excluding hydrogens is 394 g/mol. The summed E-state index contributed by atoms with van der Waals surface area (Å²) in [6, 6.07) is 12.4. The largest absolute Gasteiger partial charge is 0.325 e. The van der Waals surface area contributed by atoms with E-state index in [0.717, 1.165) is 12.0 Å². The molecular formula is C20H21N3O5S. The minimum Gasteiger partial charge on any atom is -0.314 e. The first-order valence-electron chi connectivity index (χ1n) is 9.41. The van der Waals surface area contributed by atoms with Crippen molar-refractivity contribution in [1.29, 1.82) is 0 Å². The Bertz CT molecular complexity index is 1070. The molecule has 0 aliphatic carbocycles. The van der Waals surface area contributed by atoms with Gasteiger partial charge in [-0.25, -0.2) is 13.2 Å². The Hall–Kier alpha value is -2.94. The fourth-order valence-corrected chi connectivity index (χ4v) is 6.07. The van der Waals surface area contributed by atoms with Gasteiger partial charge in [0.05, 0.1) is 28.5 Å². The zero-order chi connectivity index (χ0) is 20.8. The summed E-state index contributed by atoms with van der Waals surface area (Å²) >= 11 is 0. The molecule has 2 heterocycles. The normalized spacial score (nSPS) is 22.7. The Kier molecular flexibility index (Phi) is 4.77. The lowest BCUT2D eigenvalue weighted by atomic mass is 10.1. The maximum absolute atomic E-state index is 13.2. The van der Waals surface area contributed by atoms with Crippen LogP contribution in [0.15, 0.2) is 48.5 Å². The van der Waals surface area contributed by atoms with E-state index < -0.39 is 26.8 Å². The summed E-state index contributed by atoms with van der Waals surface area (Å²) in [5.74, 6) is -0.174. The number of nitrogens with zero attached hydrogens (tertiary/aromatic N) is 3. The number of nitro groups is 1. The number of benzene rings is 2. The molecule has 0 saturated carbocycles. The molecule has 0 spiro atoms. The van der Waals surface area contributed by atoms with E-state index in [0.29, 0.717) is 11.3 Å². The van der Waals surface area contributed by atoms with Crippen molar-refractivity contribution in [1.82, 2.24) is 4.90 Å². The predicted octanol–water partition coefficient (Wildman–Crippen LogP) is 2.77. The van der Waals surface area contributed by atoms with Gasteiger partial charge >= 0.3 is 6.03 Å². The zero-order valence-electron chi connectivity index (χ0n) is 15.9. The second kappa shape index (κ2) is 7.14. The van der Waals surface area contributed by atoms with E-state index >= 15 is 0 Å². The van der Waals surface area contributed by atoms with Crippen molar-refractivity contribution in [3.63, 3.8) is 0 Å². The highest BCUT2D eigenvalue weighted by Gasteiger charge is 2.53. The highest BCUT2D eigenvalue weighted by Crippen LogP contribution is 2.36. The van der Waals surface area contributed by atoms with Crippen LogP contribution in [0.5, 0.6) is 0 Å². The number of sulfone groups is 1. The third-order valence-corrected chi connectivity index (χ3v) is 7.27. The highest BCUT2D eigenvalue weighted by molar-refractivity contribution is 7.91. The maximum Gasteiger partial charge on any atom is 0.325 e. The molecule has 8 nitrogen and oxygen atoms in total. The molecule has 29 heavy (non-hydrogen) atoms. The van der Waals surface area contributed by atoms with E-state index in [1.165, 1.54) is 17.0 Å². The lowest BCUT2D eigenvalue weighted by Gasteiger charge is -2.23. The van der Waals surface area contributed by atoms with Crippen LogP contribution in [0.1, 0.15) is 18.1 Å². The number of non-ortho nitro benzene ring substituents is 1. The van der Waals surface area contributed by atoms with E-state index in [4.69, 9.17) is 0 Å². The Labute approximate surface area is 168 Å². The van der Waals surface area contributed by atoms with Crippen LogP contribution in [0.25, 0.3) is 0 Å². The third-order valence-electron chi connectivity index (χ3n) is 5.57. The quantitative estimate of drug-likeness (QED) is 0.425. The maximum atomic E-state index is 13.2. The third kappa shape index (κ3) is 3.57. The van der Waals surface area contributed by atoms with Gasteiger partial charge in [0.15, 0.2) is 9.84 Å². The molecule has 2 atom stereocenters. The number of carbonyl (C=O) groups excluding carboxylic acids is 1. The van der Waals surface area contributed by atoms with Crippen molar-refractivity contribution >= 4 is 27.2 Å². The molecule has 9 heteroatoms. The lowest BCUT2D eigenvalue weighted by molar-refractivity contribution is -0.384. The van der Waals surface area contributed by atoms with Crippen molar-refractivity contribution in [3.8, 4) is 0 Å². The molecule has 2 saturated heterocycles. The second-order valence-corrected chi connectivity index (χ2v) is 9.59. The van der Waals surface area contributed by atoms with Gasteiger partial charge in [-0.1, -0.05) is 31.2 Å². The summed E-state index contributed by atoms with van der Waals surface area (Å²) in [4.78, 5) is 26.9. The molecule has 4 rings (SSSR count). The number of nitro benzene ring substituents is 1. The van der Waals surface area contributed by atoms with Gasteiger partial charge in [-0.3, -0.25) is 15.0 Å². The minimum absolute atomic E-state index is 0.0586. The first-order chi connectivity index (χ1) is 13.8. The monoisotopic (exact) mass is 415 g/mol. The summed E-state index contributed by atoms with van der Waals surface area (Å²) < 4.78 is 24.6. The Balaban J connectivity index is 1.68. The Morgan fingerprint density at radius 3 is 2.41 bits per heavy atom. The number of amides is 2. The minimum atomic E-state index is -3.27. The van der Waals surface area contributed by atoms with E-state index in [-0.39, 0.29) is 29.8 Å². The van der Waals surface area contributed by atoms with Crippen molar-refractivity contribution in [2.45, 2.75) is 32.0 Å². The van der Waals surface area contributed by atoms with Gasteiger partial charge < -0.3 is 4.90 Å². The van der Waals surface area contributed by atoms with Crippen LogP contribution in [0.4, 0.5) is 16.2 Å². The average Bonchev–Trinajstić information content (AvgIpc) is 3.12. The summed E-state index contributed by atoms with van der Waals surface area (Å²) in [5, 5.41) is 11.0. The summed E-state index contributed by atoms with van der Waals surface area (Å²) in [6.07, 6.45) is 0.869. The van der Waals surface area contributed by atoms with E-state index in [1.54, 1.807) is 17.0 Å². The number of carbonyl (C=O) groups is 1. The Morgan fingerprint density at radius 1 is 1.07 bits per heavy atom. The molecule has 2 aromatic rings. The fourth-order valence-electron chi connectivity index (χ4n) is 4.12. The van der Waals surface area contributed by atoms with Gasteiger partial charge in [0.25, 0.3) is 5.69 Å². The smallest absolute Gasteiger partial charge is 0.314 e. The van der Waals surface area contributed by atoms with Crippen LogP contribution >= 0.6 is 0 Å². The fraction of sp³-hybridized carbons (Fsp3) is 0.350. The van der Waals surface area contributed by atoms with Gasteiger partial charge in [-0.05, 0) is 29.7 Å².